The van der Waals surface area contributed by atoms with Gasteiger partial charge in [-0.1, -0.05) is 58.1 Å². The molecule has 4 N–H and O–H groups in total. The Balaban J connectivity index is 1.40. The average molecular weight is 651 g/mol. The number of hydrogen-bond acceptors (Lipinski definition) is 9. The number of epoxide rings is 2. The van der Waals surface area contributed by atoms with Gasteiger partial charge in [-0.2, -0.15) is 0 Å². The molecule has 1 aliphatic carbocycles. The highest BCUT2D eigenvalue weighted by molar-refractivity contribution is 5.93. The molecule has 2 saturated heterocycles. The maximum atomic E-state index is 12.8. The molecule has 12 heteroatoms. The number of alkyl carbamates (subject to hydrolysis) is 1. The molecule has 4 amide bonds. The number of unbranched alkanes of at least 4 members (excludes halogenated alkanes) is 2. The quantitative estimate of drug-likeness (QED) is 0.0932. The third kappa shape index (κ3) is 10.5. The number of imide groups is 1. The lowest BCUT2D eigenvalue weighted by molar-refractivity contribution is -0.131. The first kappa shape index (κ1) is 37.9. The van der Waals surface area contributed by atoms with E-state index in [1.165, 1.54) is 5.57 Å². The number of carbonyl (C=O) groups is 4. The fraction of sp³-hybridized carbons (Fsp3) is 0.824. The minimum atomic E-state index is -0.829. The van der Waals surface area contributed by atoms with Crippen molar-refractivity contribution in [1.82, 2.24) is 21.3 Å². The number of hydrogen-bond donors (Lipinski definition) is 4. The molecule has 0 radical (unpaired) electrons. The zero-order valence-corrected chi connectivity index (χ0v) is 29.0. The second kappa shape index (κ2) is 17.6. The van der Waals surface area contributed by atoms with Crippen LogP contribution in [-0.4, -0.2) is 92.7 Å². The fourth-order valence-electron chi connectivity index (χ4n) is 6.63. The van der Waals surface area contributed by atoms with Gasteiger partial charge in [0.2, 0.25) is 17.7 Å². The first-order valence-electron chi connectivity index (χ1n) is 17.2. The molecule has 12 nitrogen and oxygen atoms in total. The van der Waals surface area contributed by atoms with Crippen molar-refractivity contribution in [3.63, 3.8) is 0 Å². The maximum Gasteiger partial charge on any atom is 0.414 e. The summed E-state index contributed by atoms with van der Waals surface area (Å²) in [5.74, 6) is -1.16. The topological polar surface area (TPSA) is 160 Å². The van der Waals surface area contributed by atoms with E-state index in [1.807, 2.05) is 13.8 Å². The summed E-state index contributed by atoms with van der Waals surface area (Å²) in [4.78, 5) is 50.5. The Kier molecular flexibility index (Phi) is 14.5. The van der Waals surface area contributed by atoms with Crippen molar-refractivity contribution in [1.29, 1.82) is 0 Å². The summed E-state index contributed by atoms with van der Waals surface area (Å²) in [6, 6.07) is -0.594. The SMILES string of the molecule is CCCCC(C)C(=O)NC(CCCC)C(=O)NCCNCC(=O)NC(=O)O[C@@H]1CC[C@]2(CO2)[C@@H]([C@]2(C)OC2CC=C(C)C)[C@@H]1OC. The summed E-state index contributed by atoms with van der Waals surface area (Å²) in [6.45, 7) is 13.3. The van der Waals surface area contributed by atoms with E-state index < -0.39 is 35.9 Å². The van der Waals surface area contributed by atoms with E-state index in [0.29, 0.717) is 32.4 Å². The van der Waals surface area contributed by atoms with Crippen molar-refractivity contribution >= 4 is 23.8 Å². The summed E-state index contributed by atoms with van der Waals surface area (Å²) in [5.41, 5.74) is 0.439. The molecule has 2 aliphatic heterocycles. The summed E-state index contributed by atoms with van der Waals surface area (Å²) in [6.07, 6.45) is 7.52. The molecule has 262 valence electrons. The number of methoxy groups -OCH3 is 1. The van der Waals surface area contributed by atoms with E-state index in [9.17, 15) is 19.2 Å². The van der Waals surface area contributed by atoms with Gasteiger partial charge in [-0.05, 0) is 52.9 Å². The van der Waals surface area contributed by atoms with Gasteiger partial charge in [0.1, 0.15) is 29.5 Å². The van der Waals surface area contributed by atoms with E-state index in [0.717, 1.165) is 38.5 Å². The van der Waals surface area contributed by atoms with E-state index >= 15 is 0 Å². The molecule has 0 bridgehead atoms. The van der Waals surface area contributed by atoms with Gasteiger partial charge in [-0.15, -0.1) is 0 Å². The Morgan fingerprint density at radius 1 is 1.04 bits per heavy atom. The van der Waals surface area contributed by atoms with Crippen LogP contribution in [-0.2, 0) is 33.3 Å². The number of nitrogens with one attached hydrogen (secondary N) is 4. The average Bonchev–Trinajstić information content (AvgIpc) is 3.93. The molecule has 3 fully saturated rings. The molecular weight excluding hydrogens is 592 g/mol. The normalized spacial score (nSPS) is 29.3. The van der Waals surface area contributed by atoms with Crippen molar-refractivity contribution in [2.24, 2.45) is 11.8 Å². The van der Waals surface area contributed by atoms with Gasteiger partial charge in [-0.3, -0.25) is 19.7 Å². The molecule has 3 unspecified atom stereocenters. The van der Waals surface area contributed by atoms with Crippen LogP contribution in [0.25, 0.3) is 0 Å². The van der Waals surface area contributed by atoms with Crippen LogP contribution in [0.15, 0.2) is 11.6 Å². The first-order chi connectivity index (χ1) is 21.9. The zero-order chi connectivity index (χ0) is 33.9. The monoisotopic (exact) mass is 650 g/mol. The van der Waals surface area contributed by atoms with Gasteiger partial charge < -0.3 is 34.9 Å². The lowest BCUT2D eigenvalue weighted by atomic mass is 9.68. The number of carbonyl (C=O) groups excluding carboxylic acids is 4. The van der Waals surface area contributed by atoms with Crippen LogP contribution in [0.1, 0.15) is 99.3 Å². The molecule has 8 atom stereocenters. The van der Waals surface area contributed by atoms with E-state index in [1.54, 1.807) is 7.11 Å². The molecule has 0 aromatic carbocycles. The van der Waals surface area contributed by atoms with Crippen molar-refractivity contribution in [2.45, 2.75) is 135 Å². The van der Waals surface area contributed by atoms with E-state index in [2.05, 4.69) is 55.0 Å². The van der Waals surface area contributed by atoms with Crippen molar-refractivity contribution in [3.05, 3.63) is 11.6 Å². The molecule has 0 aromatic heterocycles. The molecule has 1 spiro atoms. The Morgan fingerprint density at radius 3 is 2.37 bits per heavy atom. The second-order valence-corrected chi connectivity index (χ2v) is 13.6. The van der Waals surface area contributed by atoms with Crippen molar-refractivity contribution in [3.8, 4) is 0 Å². The van der Waals surface area contributed by atoms with Gasteiger partial charge in [-0.25, -0.2) is 4.79 Å². The Morgan fingerprint density at radius 2 is 1.74 bits per heavy atom. The van der Waals surface area contributed by atoms with Gasteiger partial charge >= 0.3 is 6.09 Å². The molecule has 2 heterocycles. The van der Waals surface area contributed by atoms with Crippen LogP contribution in [0.5, 0.6) is 0 Å². The van der Waals surface area contributed by atoms with Crippen LogP contribution in [0.3, 0.4) is 0 Å². The molecule has 0 aromatic rings. The predicted molar refractivity (Wildman–Crippen MR) is 174 cm³/mol. The highest BCUT2D eigenvalue weighted by atomic mass is 16.6. The lowest BCUT2D eigenvalue weighted by Gasteiger charge is -2.42. The Labute approximate surface area is 274 Å². The zero-order valence-electron chi connectivity index (χ0n) is 29.0. The van der Waals surface area contributed by atoms with Gasteiger partial charge in [0.15, 0.2) is 0 Å². The van der Waals surface area contributed by atoms with Crippen LogP contribution in [0.4, 0.5) is 4.79 Å². The van der Waals surface area contributed by atoms with Crippen LogP contribution in [0, 0.1) is 11.8 Å². The highest BCUT2D eigenvalue weighted by Crippen LogP contribution is 2.59. The standard InChI is InChI=1S/C34H58N4O8/c1-8-10-12-23(5)30(40)37-24(13-11-9-2)31(41)36-19-18-35-20-27(39)38-32(42)45-25-16-17-34(21-44-34)29(28(25)43-7)33(6)26(46-33)15-14-22(3)4/h14,23-26,28-29,35H,8-13,15-21H2,1-7H3,(H,36,41)(H,37,40)(H,38,39,42)/t23?,24?,25-,26?,28-,29-,33-,34+/m1/s1. The predicted octanol–water partition coefficient (Wildman–Crippen LogP) is 3.52. The van der Waals surface area contributed by atoms with Crippen LogP contribution in [0.2, 0.25) is 0 Å². The van der Waals surface area contributed by atoms with Crippen molar-refractivity contribution in [2.75, 3.05) is 33.4 Å². The number of amides is 4. The van der Waals surface area contributed by atoms with Crippen LogP contribution < -0.4 is 21.3 Å². The lowest BCUT2D eigenvalue weighted by Crippen LogP contribution is -2.56. The smallest absolute Gasteiger partial charge is 0.414 e. The minimum Gasteiger partial charge on any atom is -0.443 e. The van der Waals surface area contributed by atoms with E-state index in [-0.39, 0.29) is 48.4 Å². The maximum absolute atomic E-state index is 12.8. The summed E-state index contributed by atoms with van der Waals surface area (Å²) >= 11 is 0. The Hall–Kier alpha value is -2.54. The molecule has 46 heavy (non-hydrogen) atoms. The highest BCUT2D eigenvalue weighted by Gasteiger charge is 2.72. The summed E-state index contributed by atoms with van der Waals surface area (Å²) < 4.78 is 23.8. The summed E-state index contributed by atoms with van der Waals surface area (Å²) in [5, 5.41) is 10.9. The molecule has 3 rings (SSSR count). The third-order valence-corrected chi connectivity index (χ3v) is 9.54. The Bertz CT molecular complexity index is 1080. The largest absolute Gasteiger partial charge is 0.443 e. The van der Waals surface area contributed by atoms with Gasteiger partial charge in [0.05, 0.1) is 25.2 Å². The van der Waals surface area contributed by atoms with Gasteiger partial charge in [0.25, 0.3) is 0 Å². The second-order valence-electron chi connectivity index (χ2n) is 13.6. The van der Waals surface area contributed by atoms with Gasteiger partial charge in [0, 0.05) is 26.1 Å². The third-order valence-electron chi connectivity index (χ3n) is 9.54. The van der Waals surface area contributed by atoms with Crippen LogP contribution >= 0.6 is 0 Å². The molecule has 3 aliphatic rings. The number of ether oxygens (including phenoxy) is 4. The fourth-order valence-corrected chi connectivity index (χ4v) is 6.63. The number of allylic oxidation sites excluding steroid dienone is 1. The van der Waals surface area contributed by atoms with E-state index in [4.69, 9.17) is 18.9 Å². The number of rotatable bonds is 19. The first-order valence-corrected chi connectivity index (χ1v) is 17.2. The minimum absolute atomic E-state index is 0.0383. The molecule has 1 saturated carbocycles. The molecular formula is C34H58N4O8. The van der Waals surface area contributed by atoms with Crippen molar-refractivity contribution < 1.29 is 38.1 Å². The summed E-state index contributed by atoms with van der Waals surface area (Å²) in [7, 11) is 1.60.